The summed E-state index contributed by atoms with van der Waals surface area (Å²) in [4.78, 5) is 0. The Morgan fingerprint density at radius 1 is 0.690 bits per heavy atom. The summed E-state index contributed by atoms with van der Waals surface area (Å²) in [6, 6.07) is 16.4. The monoisotopic (exact) mass is 398 g/mol. The molecule has 0 aliphatic carbocycles. The normalized spacial score (nSPS) is 10.8. The van der Waals surface area contributed by atoms with Gasteiger partial charge in [0.15, 0.2) is 0 Å². The van der Waals surface area contributed by atoms with Gasteiger partial charge in [0.25, 0.3) is 0 Å². The minimum absolute atomic E-state index is 0.537. The largest absolute Gasteiger partial charge is 0.494 e. The zero-order valence-electron chi connectivity index (χ0n) is 18.4. The van der Waals surface area contributed by atoms with Crippen molar-refractivity contribution >= 4 is 11.4 Å². The van der Waals surface area contributed by atoms with E-state index in [1.54, 1.807) is 0 Å². The highest BCUT2D eigenvalue weighted by Crippen LogP contribution is 2.17. The van der Waals surface area contributed by atoms with Gasteiger partial charge in [0.1, 0.15) is 11.5 Å². The molecule has 2 aromatic rings. The van der Waals surface area contributed by atoms with Crippen LogP contribution in [0.4, 0.5) is 11.4 Å². The molecule has 29 heavy (non-hydrogen) atoms. The maximum absolute atomic E-state index is 5.81. The van der Waals surface area contributed by atoms with Gasteiger partial charge in [-0.1, -0.05) is 46.5 Å². The Morgan fingerprint density at radius 2 is 1.21 bits per heavy atom. The van der Waals surface area contributed by atoms with Crippen LogP contribution in [0.25, 0.3) is 0 Å². The molecule has 0 aliphatic heterocycles. The summed E-state index contributed by atoms with van der Waals surface area (Å²) in [6.45, 7) is 9.80. The molecule has 0 radical (unpaired) electrons. The van der Waals surface area contributed by atoms with E-state index in [1.165, 1.54) is 25.7 Å². The fourth-order valence-corrected chi connectivity index (χ4v) is 2.91. The van der Waals surface area contributed by atoms with Gasteiger partial charge in [-0.3, -0.25) is 0 Å². The first-order chi connectivity index (χ1) is 14.2. The van der Waals surface area contributed by atoms with Crippen LogP contribution in [-0.4, -0.2) is 26.3 Å². The second kappa shape index (κ2) is 13.8. The highest BCUT2D eigenvalue weighted by molar-refractivity contribution is 5.48. The molecule has 0 aromatic heterocycles. The minimum atomic E-state index is 0.537. The van der Waals surface area contributed by atoms with Gasteiger partial charge in [-0.05, 0) is 60.9 Å². The van der Waals surface area contributed by atoms with E-state index in [2.05, 4.69) is 55.7 Å². The Morgan fingerprint density at radius 3 is 1.72 bits per heavy atom. The van der Waals surface area contributed by atoms with Crippen molar-refractivity contribution in [1.82, 2.24) is 0 Å². The molecule has 2 aromatic carbocycles. The van der Waals surface area contributed by atoms with E-state index in [1.807, 2.05) is 24.3 Å². The summed E-state index contributed by atoms with van der Waals surface area (Å²) >= 11 is 0. The Balaban J connectivity index is 1.59. The van der Waals surface area contributed by atoms with Crippen LogP contribution in [0.1, 0.15) is 52.9 Å². The number of rotatable bonds is 15. The highest BCUT2D eigenvalue weighted by atomic mass is 16.5. The molecule has 0 saturated carbocycles. The number of unbranched alkanes of at least 4 members (excludes halogenated alkanes) is 4. The first-order valence-electron chi connectivity index (χ1n) is 11.1. The van der Waals surface area contributed by atoms with Crippen LogP contribution in [0.15, 0.2) is 48.5 Å². The van der Waals surface area contributed by atoms with Gasteiger partial charge in [0.2, 0.25) is 0 Å². The third kappa shape index (κ3) is 10.1. The van der Waals surface area contributed by atoms with Gasteiger partial charge in [-0.15, -0.1) is 0 Å². The molecule has 0 heterocycles. The van der Waals surface area contributed by atoms with E-state index < -0.39 is 0 Å². The number of hydrogen-bond donors (Lipinski definition) is 2. The fraction of sp³-hybridized carbons (Fsp3) is 0.520. The Kier molecular flexibility index (Phi) is 10.9. The predicted octanol–water partition coefficient (Wildman–Crippen LogP) is 6.59. The van der Waals surface area contributed by atoms with Crippen LogP contribution in [-0.2, 0) is 0 Å². The number of ether oxygens (including phenoxy) is 2. The first-order valence-corrected chi connectivity index (χ1v) is 11.1. The maximum Gasteiger partial charge on any atom is 0.119 e. The van der Waals surface area contributed by atoms with E-state index >= 15 is 0 Å². The SMILES string of the molecule is CCCCCCCOc1ccc(NCCNc2ccc(OCC(C)C)cc2)cc1. The number of benzene rings is 2. The molecule has 160 valence electrons. The minimum Gasteiger partial charge on any atom is -0.494 e. The number of hydrogen-bond acceptors (Lipinski definition) is 4. The fourth-order valence-electron chi connectivity index (χ4n) is 2.91. The van der Waals surface area contributed by atoms with Crippen LogP contribution in [0.3, 0.4) is 0 Å². The summed E-state index contributed by atoms with van der Waals surface area (Å²) in [6.07, 6.45) is 6.31. The Hall–Kier alpha value is -2.36. The number of anilines is 2. The molecule has 0 bridgehead atoms. The van der Waals surface area contributed by atoms with Crippen molar-refractivity contribution in [3.05, 3.63) is 48.5 Å². The lowest BCUT2D eigenvalue weighted by Crippen LogP contribution is -2.13. The maximum atomic E-state index is 5.81. The van der Waals surface area contributed by atoms with E-state index in [9.17, 15) is 0 Å². The molecule has 0 fully saturated rings. The third-order valence-corrected chi connectivity index (χ3v) is 4.59. The molecule has 0 aliphatic rings. The van der Waals surface area contributed by atoms with Crippen molar-refractivity contribution in [1.29, 1.82) is 0 Å². The smallest absolute Gasteiger partial charge is 0.119 e. The summed E-state index contributed by atoms with van der Waals surface area (Å²) < 4.78 is 11.5. The standard InChI is InChI=1S/C25H38N2O2/c1-4-5-6-7-8-19-28-24-13-9-22(10-14-24)26-17-18-27-23-11-15-25(16-12-23)29-20-21(2)3/h9-16,21,26-27H,4-8,17-20H2,1-3H3. The first kappa shape index (κ1) is 22.9. The summed E-state index contributed by atoms with van der Waals surface area (Å²) in [5.74, 6) is 2.41. The van der Waals surface area contributed by atoms with Gasteiger partial charge in [-0.25, -0.2) is 0 Å². The summed E-state index contributed by atoms with van der Waals surface area (Å²) in [5, 5.41) is 6.86. The van der Waals surface area contributed by atoms with Crippen LogP contribution >= 0.6 is 0 Å². The van der Waals surface area contributed by atoms with Gasteiger partial charge in [0.05, 0.1) is 13.2 Å². The molecular weight excluding hydrogens is 360 g/mol. The van der Waals surface area contributed by atoms with E-state index in [0.29, 0.717) is 5.92 Å². The van der Waals surface area contributed by atoms with E-state index in [0.717, 1.165) is 55.6 Å². The summed E-state index contributed by atoms with van der Waals surface area (Å²) in [5.41, 5.74) is 2.21. The van der Waals surface area contributed by atoms with E-state index in [4.69, 9.17) is 9.47 Å². The average molecular weight is 399 g/mol. The molecule has 0 unspecified atom stereocenters. The second-order valence-corrected chi connectivity index (χ2v) is 7.87. The van der Waals surface area contributed by atoms with Gasteiger partial charge >= 0.3 is 0 Å². The quantitative estimate of drug-likeness (QED) is 0.332. The van der Waals surface area contributed by atoms with Crippen molar-refractivity contribution in [3.8, 4) is 11.5 Å². The zero-order valence-corrected chi connectivity index (χ0v) is 18.4. The third-order valence-electron chi connectivity index (χ3n) is 4.59. The highest BCUT2D eigenvalue weighted by Gasteiger charge is 1.99. The molecule has 0 atom stereocenters. The topological polar surface area (TPSA) is 42.5 Å². The second-order valence-electron chi connectivity index (χ2n) is 7.87. The van der Waals surface area contributed by atoms with Crippen LogP contribution in [0.5, 0.6) is 11.5 Å². The van der Waals surface area contributed by atoms with Gasteiger partial charge in [0, 0.05) is 24.5 Å². The number of nitrogens with one attached hydrogen (secondary N) is 2. The van der Waals surface area contributed by atoms with Crippen molar-refractivity contribution in [2.24, 2.45) is 5.92 Å². The van der Waals surface area contributed by atoms with Crippen molar-refractivity contribution in [2.45, 2.75) is 52.9 Å². The predicted molar refractivity (Wildman–Crippen MR) is 124 cm³/mol. The Bertz CT molecular complexity index is 654. The molecule has 0 amide bonds. The molecule has 4 heteroatoms. The van der Waals surface area contributed by atoms with Crippen molar-refractivity contribution in [2.75, 3.05) is 36.9 Å². The van der Waals surface area contributed by atoms with Crippen LogP contribution in [0.2, 0.25) is 0 Å². The van der Waals surface area contributed by atoms with Crippen molar-refractivity contribution < 1.29 is 9.47 Å². The molecule has 0 spiro atoms. The lowest BCUT2D eigenvalue weighted by atomic mass is 10.2. The lowest BCUT2D eigenvalue weighted by Gasteiger charge is -2.12. The zero-order chi connectivity index (χ0) is 20.7. The summed E-state index contributed by atoms with van der Waals surface area (Å²) in [7, 11) is 0. The molecule has 2 rings (SSSR count). The molecule has 2 N–H and O–H groups in total. The Labute approximate surface area is 177 Å². The van der Waals surface area contributed by atoms with E-state index in [-0.39, 0.29) is 0 Å². The lowest BCUT2D eigenvalue weighted by molar-refractivity contribution is 0.271. The van der Waals surface area contributed by atoms with Gasteiger partial charge in [-0.2, -0.15) is 0 Å². The molecule has 4 nitrogen and oxygen atoms in total. The average Bonchev–Trinajstić information content (AvgIpc) is 2.74. The molecule has 0 saturated heterocycles. The van der Waals surface area contributed by atoms with Crippen LogP contribution < -0.4 is 20.1 Å². The molecular formula is C25H38N2O2. The van der Waals surface area contributed by atoms with Crippen molar-refractivity contribution in [3.63, 3.8) is 0 Å². The van der Waals surface area contributed by atoms with Gasteiger partial charge < -0.3 is 20.1 Å². The van der Waals surface area contributed by atoms with Crippen LogP contribution in [0, 0.1) is 5.92 Å².